The van der Waals surface area contributed by atoms with Crippen LogP contribution in [-0.4, -0.2) is 12.5 Å². The molecule has 1 aliphatic heterocycles. The van der Waals surface area contributed by atoms with Crippen LogP contribution in [0.5, 0.6) is 0 Å². The lowest BCUT2D eigenvalue weighted by Gasteiger charge is -2.22. The number of fused-ring (bicyclic) bond motifs is 1. The molecule has 1 aromatic rings. The average molecular weight is 246 g/mol. The smallest absolute Gasteiger partial charge is 0.248 e. The van der Waals surface area contributed by atoms with Crippen molar-refractivity contribution >= 4 is 11.6 Å². The van der Waals surface area contributed by atoms with Crippen molar-refractivity contribution in [1.29, 1.82) is 0 Å². The van der Waals surface area contributed by atoms with E-state index in [1.807, 2.05) is 30.0 Å². The van der Waals surface area contributed by atoms with E-state index in [-0.39, 0.29) is 5.91 Å². The molecule has 98 valence electrons. The standard InChI is InChI=1S/C15H22N2O/c1-4-5-11(3)9-17-13-7-6-10(2)8-12(13)14(16)15(17)18/h6-8,11,14H,4-5,9,16H2,1-3H3. The Bertz CT molecular complexity index is 456. The fourth-order valence-corrected chi connectivity index (χ4v) is 2.67. The van der Waals surface area contributed by atoms with E-state index in [0.29, 0.717) is 5.92 Å². The Morgan fingerprint density at radius 2 is 2.17 bits per heavy atom. The van der Waals surface area contributed by atoms with Gasteiger partial charge in [-0.15, -0.1) is 0 Å². The van der Waals surface area contributed by atoms with Crippen molar-refractivity contribution in [2.24, 2.45) is 11.7 Å². The number of hydrogen-bond acceptors (Lipinski definition) is 2. The normalized spacial score (nSPS) is 20.1. The molecule has 1 heterocycles. The van der Waals surface area contributed by atoms with Crippen molar-refractivity contribution < 1.29 is 4.79 Å². The van der Waals surface area contributed by atoms with Crippen LogP contribution in [-0.2, 0) is 4.79 Å². The van der Waals surface area contributed by atoms with E-state index in [1.165, 1.54) is 0 Å². The van der Waals surface area contributed by atoms with E-state index in [9.17, 15) is 4.79 Å². The summed E-state index contributed by atoms with van der Waals surface area (Å²) in [5.41, 5.74) is 9.14. The third-order valence-electron chi connectivity index (χ3n) is 3.62. The number of aryl methyl sites for hydroxylation is 1. The number of anilines is 1. The molecule has 0 aromatic heterocycles. The van der Waals surface area contributed by atoms with Crippen LogP contribution >= 0.6 is 0 Å². The minimum atomic E-state index is -0.478. The summed E-state index contributed by atoms with van der Waals surface area (Å²) >= 11 is 0. The maximum Gasteiger partial charge on any atom is 0.248 e. The molecule has 0 fully saturated rings. The van der Waals surface area contributed by atoms with E-state index in [2.05, 4.69) is 13.8 Å². The molecule has 0 saturated carbocycles. The average Bonchev–Trinajstić information content (AvgIpc) is 2.55. The molecule has 2 N–H and O–H groups in total. The van der Waals surface area contributed by atoms with Gasteiger partial charge in [0.1, 0.15) is 6.04 Å². The van der Waals surface area contributed by atoms with Gasteiger partial charge >= 0.3 is 0 Å². The van der Waals surface area contributed by atoms with Gasteiger partial charge in [0.2, 0.25) is 5.91 Å². The zero-order valence-corrected chi connectivity index (χ0v) is 11.4. The molecule has 3 nitrogen and oxygen atoms in total. The van der Waals surface area contributed by atoms with Gasteiger partial charge in [0.05, 0.1) is 0 Å². The Morgan fingerprint density at radius 1 is 1.44 bits per heavy atom. The van der Waals surface area contributed by atoms with Gasteiger partial charge < -0.3 is 10.6 Å². The molecule has 0 radical (unpaired) electrons. The lowest BCUT2D eigenvalue weighted by molar-refractivity contribution is -0.119. The molecule has 2 unspecified atom stereocenters. The van der Waals surface area contributed by atoms with Crippen LogP contribution in [0, 0.1) is 12.8 Å². The van der Waals surface area contributed by atoms with E-state index in [4.69, 9.17) is 5.73 Å². The first-order valence-corrected chi connectivity index (χ1v) is 6.72. The predicted molar refractivity (Wildman–Crippen MR) is 74.5 cm³/mol. The summed E-state index contributed by atoms with van der Waals surface area (Å²) in [6, 6.07) is 5.62. The van der Waals surface area contributed by atoms with E-state index >= 15 is 0 Å². The molecule has 1 aromatic carbocycles. The van der Waals surface area contributed by atoms with Crippen molar-refractivity contribution in [1.82, 2.24) is 0 Å². The molecule has 2 atom stereocenters. The first-order chi connectivity index (χ1) is 8.54. The third kappa shape index (κ3) is 2.27. The Hall–Kier alpha value is -1.35. The van der Waals surface area contributed by atoms with Crippen LogP contribution in [0.25, 0.3) is 0 Å². The first kappa shape index (κ1) is 13.1. The van der Waals surface area contributed by atoms with E-state index < -0.39 is 6.04 Å². The van der Waals surface area contributed by atoms with Crippen molar-refractivity contribution in [2.45, 2.75) is 39.7 Å². The monoisotopic (exact) mass is 246 g/mol. The number of hydrogen-bond donors (Lipinski definition) is 1. The topological polar surface area (TPSA) is 46.3 Å². The van der Waals surface area contributed by atoms with E-state index in [1.54, 1.807) is 0 Å². The Balaban J connectivity index is 2.26. The SMILES string of the molecule is CCCC(C)CN1C(=O)C(N)c2cc(C)ccc21. The molecule has 0 bridgehead atoms. The molecule has 0 saturated heterocycles. The van der Waals surface area contributed by atoms with Crippen molar-refractivity contribution in [2.75, 3.05) is 11.4 Å². The van der Waals surface area contributed by atoms with Crippen LogP contribution in [0.2, 0.25) is 0 Å². The summed E-state index contributed by atoms with van der Waals surface area (Å²) in [6.07, 6.45) is 2.29. The minimum absolute atomic E-state index is 0.0403. The molecular formula is C15H22N2O. The zero-order valence-electron chi connectivity index (χ0n) is 11.4. The summed E-state index contributed by atoms with van der Waals surface area (Å²) in [4.78, 5) is 14.1. The lowest BCUT2D eigenvalue weighted by atomic mass is 10.1. The molecule has 2 rings (SSSR count). The fourth-order valence-electron chi connectivity index (χ4n) is 2.67. The quantitative estimate of drug-likeness (QED) is 0.888. The maximum atomic E-state index is 12.2. The lowest BCUT2D eigenvalue weighted by Crippen LogP contribution is -2.35. The molecule has 18 heavy (non-hydrogen) atoms. The second-order valence-electron chi connectivity index (χ2n) is 5.38. The van der Waals surface area contributed by atoms with Crippen LogP contribution in [0.4, 0.5) is 5.69 Å². The van der Waals surface area contributed by atoms with Gasteiger partial charge in [-0.05, 0) is 25.3 Å². The number of benzene rings is 1. The van der Waals surface area contributed by atoms with Gasteiger partial charge in [-0.25, -0.2) is 0 Å². The second-order valence-corrected chi connectivity index (χ2v) is 5.38. The molecule has 0 aliphatic carbocycles. The minimum Gasteiger partial charge on any atom is -0.316 e. The summed E-state index contributed by atoms with van der Waals surface area (Å²) in [6.45, 7) is 7.16. The summed E-state index contributed by atoms with van der Waals surface area (Å²) in [7, 11) is 0. The molecule has 1 aliphatic rings. The van der Waals surface area contributed by atoms with Crippen LogP contribution in [0.15, 0.2) is 18.2 Å². The van der Waals surface area contributed by atoms with Crippen LogP contribution < -0.4 is 10.6 Å². The van der Waals surface area contributed by atoms with Crippen LogP contribution in [0.1, 0.15) is 43.9 Å². The van der Waals surface area contributed by atoms with E-state index in [0.717, 1.165) is 36.2 Å². The highest BCUT2D eigenvalue weighted by Crippen LogP contribution is 2.35. The zero-order chi connectivity index (χ0) is 13.3. The third-order valence-corrected chi connectivity index (χ3v) is 3.62. The van der Waals surface area contributed by atoms with Gasteiger partial charge in [-0.1, -0.05) is 38.0 Å². The van der Waals surface area contributed by atoms with Gasteiger partial charge in [0.25, 0.3) is 0 Å². The van der Waals surface area contributed by atoms with Crippen LogP contribution in [0.3, 0.4) is 0 Å². The molecule has 0 spiro atoms. The summed E-state index contributed by atoms with van der Waals surface area (Å²) in [5, 5.41) is 0. The Kier molecular flexibility index (Phi) is 3.71. The number of carbonyl (C=O) groups is 1. The highest BCUT2D eigenvalue weighted by molar-refractivity contribution is 6.04. The van der Waals surface area contributed by atoms with Crippen molar-refractivity contribution in [3.8, 4) is 0 Å². The first-order valence-electron chi connectivity index (χ1n) is 6.72. The summed E-state index contributed by atoms with van der Waals surface area (Å²) < 4.78 is 0. The second kappa shape index (κ2) is 5.11. The van der Waals surface area contributed by atoms with Gasteiger partial charge in [-0.2, -0.15) is 0 Å². The predicted octanol–water partition coefficient (Wildman–Crippen LogP) is 2.78. The van der Waals surface area contributed by atoms with Crippen molar-refractivity contribution in [3.63, 3.8) is 0 Å². The van der Waals surface area contributed by atoms with Crippen molar-refractivity contribution in [3.05, 3.63) is 29.3 Å². The fraction of sp³-hybridized carbons (Fsp3) is 0.533. The highest BCUT2D eigenvalue weighted by Gasteiger charge is 2.35. The Morgan fingerprint density at radius 3 is 2.83 bits per heavy atom. The number of amides is 1. The maximum absolute atomic E-state index is 12.2. The largest absolute Gasteiger partial charge is 0.316 e. The summed E-state index contributed by atoms with van der Waals surface area (Å²) in [5.74, 6) is 0.553. The van der Waals surface area contributed by atoms with Gasteiger partial charge in [0.15, 0.2) is 0 Å². The van der Waals surface area contributed by atoms with Gasteiger partial charge in [-0.3, -0.25) is 4.79 Å². The number of nitrogens with two attached hydrogens (primary N) is 1. The number of nitrogens with zero attached hydrogens (tertiary/aromatic N) is 1. The number of carbonyl (C=O) groups excluding carboxylic acids is 1. The van der Waals surface area contributed by atoms with Gasteiger partial charge in [0, 0.05) is 17.8 Å². The Labute approximate surface area is 109 Å². The highest BCUT2D eigenvalue weighted by atomic mass is 16.2. The number of rotatable bonds is 4. The molecule has 3 heteroatoms. The molecular weight excluding hydrogens is 224 g/mol. The molecule has 1 amide bonds.